The largest absolute Gasteiger partial charge is 0.487 e. The number of amides is 1. The Hall–Kier alpha value is -2.80. The number of benzene rings is 2. The standard InChI is InChI=1S/C21H24N2O4S/c1-15(2)28(25,26)23-19(13-17-7-5-6-8-21(17)23)14-27-20-11-9-18(10-12-20)22(4)16(3)24/h5-13,15H,14H2,1-4H3. The Morgan fingerprint density at radius 1 is 1.11 bits per heavy atom. The Balaban J connectivity index is 1.90. The molecule has 28 heavy (non-hydrogen) atoms. The van der Waals surface area contributed by atoms with Gasteiger partial charge >= 0.3 is 0 Å². The molecule has 3 rings (SSSR count). The van der Waals surface area contributed by atoms with Crippen molar-refractivity contribution in [3.8, 4) is 5.75 Å². The van der Waals surface area contributed by atoms with E-state index >= 15 is 0 Å². The number of carbonyl (C=O) groups excluding carboxylic acids is 1. The number of hydrogen-bond acceptors (Lipinski definition) is 4. The second kappa shape index (κ2) is 7.67. The van der Waals surface area contributed by atoms with Gasteiger partial charge in [0.2, 0.25) is 15.9 Å². The molecule has 0 atom stereocenters. The van der Waals surface area contributed by atoms with Crippen LogP contribution in [0.15, 0.2) is 54.6 Å². The molecule has 3 aromatic rings. The molecule has 0 aliphatic carbocycles. The fourth-order valence-electron chi connectivity index (χ4n) is 2.90. The third-order valence-corrected chi connectivity index (χ3v) is 6.80. The van der Waals surface area contributed by atoms with Crippen molar-refractivity contribution >= 4 is 32.5 Å². The lowest BCUT2D eigenvalue weighted by molar-refractivity contribution is -0.116. The maximum Gasteiger partial charge on any atom is 0.241 e. The zero-order valence-corrected chi connectivity index (χ0v) is 17.2. The Morgan fingerprint density at radius 3 is 2.36 bits per heavy atom. The van der Waals surface area contributed by atoms with Gasteiger partial charge in [-0.25, -0.2) is 12.4 Å². The van der Waals surface area contributed by atoms with Crippen LogP contribution in [0.2, 0.25) is 0 Å². The van der Waals surface area contributed by atoms with Crippen LogP contribution in [-0.4, -0.2) is 30.6 Å². The average Bonchev–Trinajstić information content (AvgIpc) is 3.05. The second-order valence-corrected chi connectivity index (χ2v) is 9.25. The van der Waals surface area contributed by atoms with Crippen molar-refractivity contribution in [3.05, 3.63) is 60.3 Å². The van der Waals surface area contributed by atoms with Crippen LogP contribution >= 0.6 is 0 Å². The summed E-state index contributed by atoms with van der Waals surface area (Å²) in [4.78, 5) is 13.0. The number of rotatable bonds is 6. The van der Waals surface area contributed by atoms with Crippen LogP contribution in [0.25, 0.3) is 10.9 Å². The van der Waals surface area contributed by atoms with Gasteiger partial charge in [0, 0.05) is 25.0 Å². The third-order valence-electron chi connectivity index (χ3n) is 4.67. The van der Waals surface area contributed by atoms with Crippen LogP contribution in [0.4, 0.5) is 5.69 Å². The van der Waals surface area contributed by atoms with Crippen LogP contribution in [-0.2, 0) is 21.4 Å². The fraction of sp³-hybridized carbons (Fsp3) is 0.286. The van der Waals surface area contributed by atoms with E-state index in [1.54, 1.807) is 51.2 Å². The first-order chi connectivity index (χ1) is 13.2. The van der Waals surface area contributed by atoms with Gasteiger partial charge in [-0.1, -0.05) is 18.2 Å². The van der Waals surface area contributed by atoms with E-state index in [4.69, 9.17) is 4.74 Å². The molecular weight excluding hydrogens is 376 g/mol. The number of hydrogen-bond donors (Lipinski definition) is 0. The summed E-state index contributed by atoms with van der Waals surface area (Å²) in [5.41, 5.74) is 1.98. The molecule has 0 aliphatic rings. The Bertz CT molecular complexity index is 1100. The molecule has 0 N–H and O–H groups in total. The predicted molar refractivity (Wildman–Crippen MR) is 111 cm³/mol. The lowest BCUT2D eigenvalue weighted by Crippen LogP contribution is -2.24. The van der Waals surface area contributed by atoms with Crippen molar-refractivity contribution in [2.24, 2.45) is 0 Å². The van der Waals surface area contributed by atoms with E-state index in [-0.39, 0.29) is 12.5 Å². The molecule has 0 radical (unpaired) electrons. The fourth-order valence-corrected chi connectivity index (χ4v) is 4.20. The molecule has 1 aromatic heterocycles. The quantitative estimate of drug-likeness (QED) is 0.631. The van der Waals surface area contributed by atoms with Gasteiger partial charge in [0.05, 0.1) is 16.5 Å². The molecule has 0 bridgehead atoms. The molecule has 7 heteroatoms. The minimum atomic E-state index is -3.53. The monoisotopic (exact) mass is 400 g/mol. The molecular formula is C21H24N2O4S. The molecule has 0 saturated heterocycles. The molecule has 0 fully saturated rings. The molecule has 1 heterocycles. The van der Waals surface area contributed by atoms with Gasteiger partial charge in [-0.15, -0.1) is 0 Å². The number of fused-ring (bicyclic) bond motifs is 1. The highest BCUT2D eigenvalue weighted by Crippen LogP contribution is 2.26. The maximum absolute atomic E-state index is 12.9. The summed E-state index contributed by atoms with van der Waals surface area (Å²) >= 11 is 0. The number of carbonyl (C=O) groups is 1. The first-order valence-electron chi connectivity index (χ1n) is 9.02. The summed E-state index contributed by atoms with van der Waals surface area (Å²) in [6.07, 6.45) is 0. The predicted octanol–water partition coefficient (Wildman–Crippen LogP) is 3.79. The van der Waals surface area contributed by atoms with E-state index < -0.39 is 15.3 Å². The summed E-state index contributed by atoms with van der Waals surface area (Å²) in [5.74, 6) is 0.538. The van der Waals surface area contributed by atoms with Gasteiger partial charge in [-0.3, -0.25) is 4.79 Å². The maximum atomic E-state index is 12.9. The van der Waals surface area contributed by atoms with Gasteiger partial charge in [0.15, 0.2) is 0 Å². The molecule has 0 spiro atoms. The minimum absolute atomic E-state index is 0.0583. The number of aromatic nitrogens is 1. The van der Waals surface area contributed by atoms with Gasteiger partial charge < -0.3 is 9.64 Å². The van der Waals surface area contributed by atoms with Crippen molar-refractivity contribution < 1.29 is 17.9 Å². The molecule has 2 aromatic carbocycles. The van der Waals surface area contributed by atoms with Crippen LogP contribution in [0.5, 0.6) is 5.75 Å². The summed E-state index contributed by atoms with van der Waals surface area (Å²) in [5, 5.41) is 0.298. The van der Waals surface area contributed by atoms with E-state index in [0.717, 1.165) is 11.1 Å². The van der Waals surface area contributed by atoms with E-state index in [1.165, 1.54) is 15.8 Å². The highest BCUT2D eigenvalue weighted by molar-refractivity contribution is 7.90. The van der Waals surface area contributed by atoms with Crippen LogP contribution in [0, 0.1) is 0 Å². The van der Waals surface area contributed by atoms with E-state index in [9.17, 15) is 13.2 Å². The number of ether oxygens (including phenoxy) is 1. The molecule has 1 amide bonds. The van der Waals surface area contributed by atoms with Crippen LogP contribution in [0.3, 0.4) is 0 Å². The van der Waals surface area contributed by atoms with Crippen molar-refractivity contribution in [1.29, 1.82) is 0 Å². The molecule has 0 unspecified atom stereocenters. The zero-order valence-electron chi connectivity index (χ0n) is 16.4. The summed E-state index contributed by atoms with van der Waals surface area (Å²) in [7, 11) is -1.83. The number of nitrogens with zero attached hydrogens (tertiary/aromatic N) is 2. The van der Waals surface area contributed by atoms with Crippen molar-refractivity contribution in [1.82, 2.24) is 3.97 Å². The zero-order chi connectivity index (χ0) is 20.5. The smallest absolute Gasteiger partial charge is 0.241 e. The van der Waals surface area contributed by atoms with Crippen molar-refractivity contribution in [2.75, 3.05) is 11.9 Å². The second-order valence-electron chi connectivity index (χ2n) is 6.91. The van der Waals surface area contributed by atoms with E-state index in [0.29, 0.717) is 17.0 Å². The van der Waals surface area contributed by atoms with Crippen molar-refractivity contribution in [2.45, 2.75) is 32.6 Å². The van der Waals surface area contributed by atoms with Gasteiger partial charge in [0.1, 0.15) is 12.4 Å². The highest BCUT2D eigenvalue weighted by Gasteiger charge is 2.24. The number of anilines is 1. The molecule has 0 saturated carbocycles. The van der Waals surface area contributed by atoms with Crippen LogP contribution in [0.1, 0.15) is 26.5 Å². The van der Waals surface area contributed by atoms with E-state index in [1.807, 2.05) is 24.3 Å². The van der Waals surface area contributed by atoms with Crippen LogP contribution < -0.4 is 9.64 Å². The van der Waals surface area contributed by atoms with E-state index in [2.05, 4.69) is 0 Å². The summed E-state index contributed by atoms with van der Waals surface area (Å²) in [6, 6.07) is 16.3. The SMILES string of the molecule is CC(=O)N(C)c1ccc(OCc2cc3ccccc3n2S(=O)(=O)C(C)C)cc1. The first kappa shape index (κ1) is 19.9. The van der Waals surface area contributed by atoms with Gasteiger partial charge in [-0.05, 0) is 50.2 Å². The lowest BCUT2D eigenvalue weighted by Gasteiger charge is -2.16. The topological polar surface area (TPSA) is 68.6 Å². The molecule has 0 aliphatic heterocycles. The normalized spacial score (nSPS) is 11.8. The molecule has 6 nitrogen and oxygen atoms in total. The Kier molecular flexibility index (Phi) is 5.47. The lowest BCUT2D eigenvalue weighted by atomic mass is 10.2. The van der Waals surface area contributed by atoms with Crippen molar-refractivity contribution in [3.63, 3.8) is 0 Å². The Morgan fingerprint density at radius 2 is 1.75 bits per heavy atom. The van der Waals surface area contributed by atoms with Gasteiger partial charge in [-0.2, -0.15) is 0 Å². The first-order valence-corrected chi connectivity index (χ1v) is 10.5. The Labute approximate surface area is 165 Å². The minimum Gasteiger partial charge on any atom is -0.487 e. The highest BCUT2D eigenvalue weighted by atomic mass is 32.2. The average molecular weight is 401 g/mol. The summed E-state index contributed by atoms with van der Waals surface area (Å²) in [6.45, 7) is 4.94. The third kappa shape index (κ3) is 3.75. The number of para-hydroxylation sites is 1. The summed E-state index contributed by atoms with van der Waals surface area (Å²) < 4.78 is 33.0. The van der Waals surface area contributed by atoms with Gasteiger partial charge in [0.25, 0.3) is 0 Å². The molecule has 148 valence electrons.